The van der Waals surface area contributed by atoms with Gasteiger partial charge >= 0.3 is 0 Å². The van der Waals surface area contributed by atoms with E-state index in [1.54, 1.807) is 16.7 Å². The number of aromatic nitrogens is 4. The quantitative estimate of drug-likeness (QED) is 0.421. The molecule has 0 aliphatic carbocycles. The highest BCUT2D eigenvalue weighted by Crippen LogP contribution is 2.26. The molecule has 9 heteroatoms. The van der Waals surface area contributed by atoms with Crippen molar-refractivity contribution >= 4 is 32.7 Å². The Hall–Kier alpha value is -2.03. The van der Waals surface area contributed by atoms with Crippen LogP contribution < -0.4 is 0 Å². The molecule has 0 radical (unpaired) electrons. The highest BCUT2D eigenvalue weighted by atomic mass is 35.5. The van der Waals surface area contributed by atoms with Crippen LogP contribution >= 0.6 is 11.6 Å². The number of halogens is 1. The van der Waals surface area contributed by atoms with Crippen molar-refractivity contribution in [3.05, 3.63) is 42.9 Å². The summed E-state index contributed by atoms with van der Waals surface area (Å²) in [5.41, 5.74) is 3.42. The van der Waals surface area contributed by atoms with Gasteiger partial charge in [0.05, 0.1) is 40.9 Å². The van der Waals surface area contributed by atoms with Crippen LogP contribution in [0.5, 0.6) is 0 Å². The lowest BCUT2D eigenvalue weighted by molar-refractivity contribution is 0.261. The Labute approximate surface area is 175 Å². The molecule has 0 saturated carbocycles. The van der Waals surface area contributed by atoms with Crippen LogP contribution in [0.4, 0.5) is 0 Å². The van der Waals surface area contributed by atoms with Crippen LogP contribution in [0.2, 0.25) is 0 Å². The second-order valence-electron chi connectivity index (χ2n) is 7.30. The lowest BCUT2D eigenvalue weighted by atomic mass is 10.1. The number of alkyl halides is 1. The first kappa shape index (κ1) is 20.3. The van der Waals surface area contributed by atoms with Gasteiger partial charge in [0.15, 0.2) is 0 Å². The Morgan fingerprint density at radius 1 is 1.07 bits per heavy atom. The Kier molecular flexibility index (Phi) is 6.12. The summed E-state index contributed by atoms with van der Waals surface area (Å²) < 4.78 is 28.4. The molecule has 2 aromatic heterocycles. The van der Waals surface area contributed by atoms with Crippen LogP contribution in [-0.4, -0.2) is 57.2 Å². The minimum atomic E-state index is -3.19. The van der Waals surface area contributed by atoms with Crippen molar-refractivity contribution in [3.8, 4) is 11.3 Å². The van der Waals surface area contributed by atoms with Gasteiger partial charge in [-0.3, -0.25) is 9.67 Å². The fourth-order valence-electron chi connectivity index (χ4n) is 3.66. The summed E-state index contributed by atoms with van der Waals surface area (Å²) in [7, 11) is -3.19. The monoisotopic (exact) mass is 433 g/mol. The summed E-state index contributed by atoms with van der Waals surface area (Å²) in [6.45, 7) is 1.05. The standard InChI is InChI=1S/C20H24ClN5O2S/c21-9-3-4-12-29(27,28)25-10-7-17(8-11-25)26-15-16(13-23-26)20-14-22-18-5-1-2-6-19(18)24-20/h1-2,5-6,13-15,17H,3-4,7-12H2. The number of sulfonamides is 1. The van der Waals surface area contributed by atoms with E-state index in [1.165, 1.54) is 0 Å². The minimum Gasteiger partial charge on any atom is -0.269 e. The smallest absolute Gasteiger partial charge is 0.214 e. The molecule has 4 rings (SSSR count). The molecule has 3 heterocycles. The summed E-state index contributed by atoms with van der Waals surface area (Å²) in [6.07, 6.45) is 8.38. The van der Waals surface area contributed by atoms with Crippen LogP contribution in [0.1, 0.15) is 31.7 Å². The van der Waals surface area contributed by atoms with Crippen molar-refractivity contribution in [3.63, 3.8) is 0 Å². The van der Waals surface area contributed by atoms with Gasteiger partial charge < -0.3 is 0 Å². The molecule has 0 N–H and O–H groups in total. The SMILES string of the molecule is O=S(=O)(CCCCCl)N1CCC(n2cc(-c3cnc4ccccc4n3)cn2)CC1. The highest BCUT2D eigenvalue weighted by molar-refractivity contribution is 7.89. The van der Waals surface area contributed by atoms with E-state index in [2.05, 4.69) is 15.1 Å². The van der Waals surface area contributed by atoms with Crippen molar-refractivity contribution in [2.75, 3.05) is 24.7 Å². The van der Waals surface area contributed by atoms with Gasteiger partial charge in [0.2, 0.25) is 10.0 Å². The first-order valence-corrected chi connectivity index (χ1v) is 12.0. The highest BCUT2D eigenvalue weighted by Gasteiger charge is 2.28. The van der Waals surface area contributed by atoms with Crippen LogP contribution in [0.3, 0.4) is 0 Å². The summed E-state index contributed by atoms with van der Waals surface area (Å²) in [4.78, 5) is 9.14. The third-order valence-corrected chi connectivity index (χ3v) is 7.55. The zero-order valence-corrected chi connectivity index (χ0v) is 17.7. The van der Waals surface area contributed by atoms with Gasteiger partial charge in [-0.05, 0) is 37.8 Å². The molecule has 1 saturated heterocycles. The van der Waals surface area contributed by atoms with Crippen molar-refractivity contribution in [1.82, 2.24) is 24.1 Å². The predicted octanol–water partition coefficient (Wildman–Crippen LogP) is 3.48. The number of para-hydroxylation sites is 2. The first-order valence-electron chi connectivity index (χ1n) is 9.87. The minimum absolute atomic E-state index is 0.178. The Balaban J connectivity index is 1.41. The molecule has 0 atom stereocenters. The molecule has 0 spiro atoms. The first-order chi connectivity index (χ1) is 14.1. The van der Waals surface area contributed by atoms with E-state index in [0.717, 1.165) is 41.6 Å². The molecular formula is C20H24ClN5O2S. The summed E-state index contributed by atoms with van der Waals surface area (Å²) in [5.74, 6) is 0.678. The molecule has 7 nitrogen and oxygen atoms in total. The Morgan fingerprint density at radius 2 is 1.83 bits per heavy atom. The topological polar surface area (TPSA) is 81.0 Å². The number of nitrogens with zero attached hydrogens (tertiary/aromatic N) is 5. The molecule has 1 aromatic carbocycles. The number of hydrogen-bond donors (Lipinski definition) is 0. The molecular weight excluding hydrogens is 410 g/mol. The van der Waals surface area contributed by atoms with Crippen molar-refractivity contribution < 1.29 is 8.42 Å². The summed E-state index contributed by atoms with van der Waals surface area (Å²) >= 11 is 5.65. The second-order valence-corrected chi connectivity index (χ2v) is 9.76. The van der Waals surface area contributed by atoms with Gasteiger partial charge in [-0.2, -0.15) is 5.10 Å². The molecule has 29 heavy (non-hydrogen) atoms. The van der Waals surface area contributed by atoms with Gasteiger partial charge in [0.1, 0.15) is 0 Å². The lowest BCUT2D eigenvalue weighted by Crippen LogP contribution is -2.40. The van der Waals surface area contributed by atoms with E-state index < -0.39 is 10.0 Å². The molecule has 3 aromatic rings. The second kappa shape index (κ2) is 8.77. The van der Waals surface area contributed by atoms with Gasteiger partial charge in [-0.15, -0.1) is 11.6 Å². The number of rotatable bonds is 7. The zero-order valence-electron chi connectivity index (χ0n) is 16.1. The van der Waals surface area contributed by atoms with E-state index in [0.29, 0.717) is 25.4 Å². The molecule has 154 valence electrons. The van der Waals surface area contributed by atoms with E-state index in [-0.39, 0.29) is 11.8 Å². The maximum atomic E-state index is 12.4. The predicted molar refractivity (Wildman–Crippen MR) is 114 cm³/mol. The number of unbranched alkanes of at least 4 members (excludes halogenated alkanes) is 1. The van der Waals surface area contributed by atoms with Crippen molar-refractivity contribution in [2.45, 2.75) is 31.7 Å². The third-order valence-electron chi connectivity index (χ3n) is 5.32. The number of benzene rings is 1. The van der Waals surface area contributed by atoms with Crippen LogP contribution in [-0.2, 0) is 10.0 Å². The van der Waals surface area contributed by atoms with Gasteiger partial charge in [0, 0.05) is 30.7 Å². The number of hydrogen-bond acceptors (Lipinski definition) is 5. The van der Waals surface area contributed by atoms with Gasteiger partial charge in [-0.25, -0.2) is 17.7 Å². The Bertz CT molecular complexity index is 1080. The molecule has 0 unspecified atom stereocenters. The molecule has 1 aliphatic heterocycles. The van der Waals surface area contributed by atoms with Crippen molar-refractivity contribution in [2.24, 2.45) is 0 Å². The lowest BCUT2D eigenvalue weighted by Gasteiger charge is -2.31. The molecule has 0 amide bonds. The van der Waals surface area contributed by atoms with E-state index in [9.17, 15) is 8.42 Å². The summed E-state index contributed by atoms with van der Waals surface area (Å²) in [5, 5.41) is 4.51. The Morgan fingerprint density at radius 3 is 2.59 bits per heavy atom. The fraction of sp³-hybridized carbons (Fsp3) is 0.450. The third kappa shape index (κ3) is 4.60. The molecule has 1 fully saturated rings. The van der Waals surface area contributed by atoms with Crippen LogP contribution in [0.15, 0.2) is 42.9 Å². The maximum absolute atomic E-state index is 12.4. The molecule has 1 aliphatic rings. The largest absolute Gasteiger partial charge is 0.269 e. The average molecular weight is 434 g/mol. The number of fused-ring (bicyclic) bond motifs is 1. The normalized spacial score (nSPS) is 16.4. The van der Waals surface area contributed by atoms with Gasteiger partial charge in [0.25, 0.3) is 0 Å². The maximum Gasteiger partial charge on any atom is 0.214 e. The fourth-order valence-corrected chi connectivity index (χ4v) is 5.44. The summed E-state index contributed by atoms with van der Waals surface area (Å²) in [6, 6.07) is 7.96. The van der Waals surface area contributed by atoms with Gasteiger partial charge in [-0.1, -0.05) is 12.1 Å². The van der Waals surface area contributed by atoms with E-state index >= 15 is 0 Å². The van der Waals surface area contributed by atoms with E-state index in [1.807, 2.05) is 35.1 Å². The van der Waals surface area contributed by atoms with Crippen LogP contribution in [0, 0.1) is 0 Å². The van der Waals surface area contributed by atoms with Crippen molar-refractivity contribution in [1.29, 1.82) is 0 Å². The molecule has 0 bridgehead atoms. The van der Waals surface area contributed by atoms with Crippen LogP contribution in [0.25, 0.3) is 22.3 Å². The number of piperidine rings is 1. The van der Waals surface area contributed by atoms with E-state index in [4.69, 9.17) is 11.6 Å². The zero-order chi connectivity index (χ0) is 20.3. The average Bonchev–Trinajstić information content (AvgIpc) is 3.24.